The summed E-state index contributed by atoms with van der Waals surface area (Å²) in [4.78, 5) is 13.7. The molecule has 1 aromatic rings. The Bertz CT molecular complexity index is 445. The molecule has 0 aliphatic rings. The summed E-state index contributed by atoms with van der Waals surface area (Å²) in [6.07, 6.45) is 0. The van der Waals surface area contributed by atoms with Crippen molar-refractivity contribution in [2.24, 2.45) is 10.2 Å². The molecule has 0 aliphatic heterocycles. The van der Waals surface area contributed by atoms with Crippen molar-refractivity contribution in [2.75, 3.05) is 7.05 Å². The predicted octanol–water partition coefficient (Wildman–Crippen LogP) is 0.737. The fourth-order valence-corrected chi connectivity index (χ4v) is 0.913. The lowest BCUT2D eigenvalue weighted by atomic mass is 10.3. The van der Waals surface area contributed by atoms with Gasteiger partial charge in [-0.1, -0.05) is 6.07 Å². The van der Waals surface area contributed by atoms with Crippen LogP contribution in [0.2, 0.25) is 0 Å². The highest BCUT2D eigenvalue weighted by Crippen LogP contribution is 1.94. The molecular formula is C10H14N4O. The summed E-state index contributed by atoms with van der Waals surface area (Å²) in [5, 5.41) is 10.8. The van der Waals surface area contributed by atoms with Gasteiger partial charge in [-0.2, -0.15) is 5.10 Å². The van der Waals surface area contributed by atoms with Crippen LogP contribution in [0.25, 0.3) is 0 Å². The summed E-state index contributed by atoms with van der Waals surface area (Å²) < 4.78 is 0. The zero-order valence-corrected chi connectivity index (χ0v) is 9.03. The molecule has 0 aromatic carbocycles. The van der Waals surface area contributed by atoms with E-state index < -0.39 is 0 Å². The second kappa shape index (κ2) is 5.09. The minimum Gasteiger partial charge on any atom is -0.375 e. The van der Waals surface area contributed by atoms with Crippen molar-refractivity contribution in [1.29, 1.82) is 0 Å². The Morgan fingerprint density at radius 1 is 1.33 bits per heavy atom. The van der Waals surface area contributed by atoms with Crippen LogP contribution in [-0.4, -0.2) is 23.6 Å². The van der Waals surface area contributed by atoms with Crippen molar-refractivity contribution in [3.63, 3.8) is 0 Å². The third-order valence-electron chi connectivity index (χ3n) is 1.87. The maximum absolute atomic E-state index is 11.0. The first-order chi connectivity index (χ1) is 7.13. The van der Waals surface area contributed by atoms with E-state index in [0.717, 1.165) is 0 Å². The van der Waals surface area contributed by atoms with Crippen molar-refractivity contribution in [2.45, 2.75) is 13.8 Å². The van der Waals surface area contributed by atoms with Crippen LogP contribution in [0.1, 0.15) is 19.5 Å². The normalized spacial score (nSPS) is 12.7. The first kappa shape index (κ1) is 11.2. The van der Waals surface area contributed by atoms with Gasteiger partial charge in [0.25, 0.3) is 0 Å². The molecule has 0 radical (unpaired) electrons. The Labute approximate surface area is 87.9 Å². The number of rotatable bonds is 2. The van der Waals surface area contributed by atoms with Gasteiger partial charge < -0.3 is 10.3 Å². The van der Waals surface area contributed by atoms with E-state index in [9.17, 15) is 4.79 Å². The minimum atomic E-state index is -0.142. The van der Waals surface area contributed by atoms with Gasteiger partial charge in [-0.25, -0.2) is 0 Å². The zero-order chi connectivity index (χ0) is 11.3. The maximum atomic E-state index is 11.0. The van der Waals surface area contributed by atoms with Crippen molar-refractivity contribution >= 4 is 11.5 Å². The molecule has 5 heteroatoms. The molecular weight excluding hydrogens is 192 g/mol. The molecule has 0 aliphatic carbocycles. The molecule has 0 saturated heterocycles. The highest BCUT2D eigenvalue weighted by molar-refractivity contribution is 5.97. The molecule has 1 aromatic heterocycles. The van der Waals surface area contributed by atoms with Crippen LogP contribution in [0.5, 0.6) is 0 Å². The molecule has 0 spiro atoms. The fraction of sp³-hybridized carbons (Fsp3) is 0.300. The van der Waals surface area contributed by atoms with Gasteiger partial charge in [0.15, 0.2) is 0 Å². The molecule has 0 atom stereocenters. The molecule has 1 heterocycles. The number of nitrogens with zero attached hydrogens (tertiary/aromatic N) is 2. The number of nitrogens with one attached hydrogen (secondary N) is 2. The van der Waals surface area contributed by atoms with E-state index in [4.69, 9.17) is 0 Å². The summed E-state index contributed by atoms with van der Waals surface area (Å²) >= 11 is 0. The summed E-state index contributed by atoms with van der Waals surface area (Å²) in [6, 6.07) is 4.92. The van der Waals surface area contributed by atoms with Crippen molar-refractivity contribution < 1.29 is 0 Å². The lowest BCUT2D eigenvalue weighted by Crippen LogP contribution is -2.13. The van der Waals surface area contributed by atoms with Crippen LogP contribution in [0, 0.1) is 0 Å². The lowest BCUT2D eigenvalue weighted by Gasteiger charge is -1.98. The predicted molar refractivity (Wildman–Crippen MR) is 61.4 cm³/mol. The zero-order valence-electron chi connectivity index (χ0n) is 9.03. The molecule has 15 heavy (non-hydrogen) atoms. The van der Waals surface area contributed by atoms with Crippen LogP contribution in [0.3, 0.4) is 0 Å². The van der Waals surface area contributed by atoms with Gasteiger partial charge in [-0.15, -0.1) is 5.10 Å². The molecule has 80 valence electrons. The molecule has 0 bridgehead atoms. The number of aromatic amines is 1. The second-order valence-corrected chi connectivity index (χ2v) is 3.05. The van der Waals surface area contributed by atoms with Crippen LogP contribution >= 0.6 is 0 Å². The standard InChI is InChI=1S/C10H14N4O/c1-7(13-14-8(2)11-3)9-5-4-6-10(15)12-9/h4-6H,1-3H3,(H,11,14)(H,12,15)/b13-7+. The van der Waals surface area contributed by atoms with E-state index in [2.05, 4.69) is 20.5 Å². The molecule has 0 fully saturated rings. The Morgan fingerprint density at radius 3 is 2.67 bits per heavy atom. The summed E-state index contributed by atoms with van der Waals surface area (Å²) in [5.74, 6) is 0.715. The van der Waals surface area contributed by atoms with Gasteiger partial charge in [0.1, 0.15) is 5.84 Å². The quantitative estimate of drug-likeness (QED) is 0.425. The fourth-order valence-electron chi connectivity index (χ4n) is 0.913. The van der Waals surface area contributed by atoms with Gasteiger partial charge in [-0.05, 0) is 19.9 Å². The van der Waals surface area contributed by atoms with E-state index in [1.54, 1.807) is 26.1 Å². The third-order valence-corrected chi connectivity index (χ3v) is 1.87. The number of pyridine rings is 1. The highest BCUT2D eigenvalue weighted by atomic mass is 16.1. The van der Waals surface area contributed by atoms with Gasteiger partial charge >= 0.3 is 0 Å². The molecule has 0 unspecified atom stereocenters. The second-order valence-electron chi connectivity index (χ2n) is 3.05. The number of H-pyrrole nitrogens is 1. The third kappa shape index (κ3) is 3.38. The average molecular weight is 206 g/mol. The van der Waals surface area contributed by atoms with Crippen molar-refractivity contribution in [3.8, 4) is 0 Å². The first-order valence-corrected chi connectivity index (χ1v) is 4.60. The summed E-state index contributed by atoms with van der Waals surface area (Å²) in [7, 11) is 1.77. The lowest BCUT2D eigenvalue weighted by molar-refractivity contribution is 1.09. The first-order valence-electron chi connectivity index (χ1n) is 4.60. The largest absolute Gasteiger partial charge is 0.375 e. The summed E-state index contributed by atoms with van der Waals surface area (Å²) in [5.41, 5.74) is 1.20. The summed E-state index contributed by atoms with van der Waals surface area (Å²) in [6.45, 7) is 3.60. The van der Waals surface area contributed by atoms with Crippen molar-refractivity contribution in [3.05, 3.63) is 34.2 Å². The monoisotopic (exact) mass is 206 g/mol. The minimum absolute atomic E-state index is 0.142. The Hall–Kier alpha value is -1.91. The topological polar surface area (TPSA) is 69.6 Å². The van der Waals surface area contributed by atoms with Crippen LogP contribution in [0.4, 0.5) is 0 Å². The van der Waals surface area contributed by atoms with Gasteiger partial charge in [-0.3, -0.25) is 4.79 Å². The van der Waals surface area contributed by atoms with Gasteiger partial charge in [0, 0.05) is 13.1 Å². The highest BCUT2D eigenvalue weighted by Gasteiger charge is 1.96. The number of aromatic nitrogens is 1. The molecule has 2 N–H and O–H groups in total. The maximum Gasteiger partial charge on any atom is 0.248 e. The van der Waals surface area contributed by atoms with E-state index >= 15 is 0 Å². The molecule has 1 rings (SSSR count). The molecule has 0 saturated carbocycles. The Kier molecular flexibility index (Phi) is 3.79. The Morgan fingerprint density at radius 2 is 2.07 bits per heavy atom. The molecule has 5 nitrogen and oxygen atoms in total. The smallest absolute Gasteiger partial charge is 0.248 e. The SMILES string of the molecule is CN/C(C)=N\N=C(/C)c1cccc(=O)[nH]1. The number of hydrogen-bond donors (Lipinski definition) is 2. The number of hydrogen-bond acceptors (Lipinski definition) is 3. The van der Waals surface area contributed by atoms with Crippen LogP contribution in [-0.2, 0) is 0 Å². The van der Waals surface area contributed by atoms with Crippen LogP contribution in [0.15, 0.2) is 33.2 Å². The van der Waals surface area contributed by atoms with Gasteiger partial charge in [0.2, 0.25) is 5.56 Å². The van der Waals surface area contributed by atoms with E-state index in [-0.39, 0.29) is 5.56 Å². The van der Waals surface area contributed by atoms with E-state index in [1.807, 2.05) is 6.92 Å². The Balaban J connectivity index is 2.94. The van der Waals surface area contributed by atoms with E-state index in [0.29, 0.717) is 17.2 Å². The van der Waals surface area contributed by atoms with Crippen LogP contribution < -0.4 is 10.9 Å². The average Bonchev–Trinajstić information content (AvgIpc) is 2.25. The van der Waals surface area contributed by atoms with Gasteiger partial charge in [0.05, 0.1) is 11.4 Å². The molecule has 0 amide bonds. The van der Waals surface area contributed by atoms with Crippen molar-refractivity contribution in [1.82, 2.24) is 10.3 Å². The number of amidine groups is 1. The van der Waals surface area contributed by atoms with E-state index in [1.165, 1.54) is 6.07 Å².